The molecule has 30 heavy (non-hydrogen) atoms. The maximum atomic E-state index is 13.0. The first kappa shape index (κ1) is 20.5. The molecule has 3 aromatic rings. The van der Waals surface area contributed by atoms with Crippen molar-refractivity contribution >= 4 is 28.4 Å². The molecule has 0 atom stereocenters. The first-order chi connectivity index (χ1) is 14.5. The predicted octanol–water partition coefficient (Wildman–Crippen LogP) is 4.19. The van der Waals surface area contributed by atoms with Crippen molar-refractivity contribution in [3.63, 3.8) is 0 Å². The molecule has 0 N–H and O–H groups in total. The Morgan fingerprint density at radius 1 is 1.13 bits per heavy atom. The van der Waals surface area contributed by atoms with Crippen LogP contribution in [0.5, 0.6) is 11.5 Å². The standard InChI is InChI=1S/C23H24N2O4S/c1-15(2)9-10-25-22(27)17-5-3-4-6-18(17)24-23(25)30-14-19(26)16-7-8-20-21(13-16)29-12-11-28-20/h3-8,13,15H,9-12,14H2,1-2H3. The highest BCUT2D eigenvalue weighted by Gasteiger charge is 2.17. The molecule has 0 amide bonds. The van der Waals surface area contributed by atoms with Crippen molar-refractivity contribution in [1.82, 2.24) is 9.55 Å². The zero-order valence-corrected chi connectivity index (χ0v) is 17.9. The molecule has 1 aliphatic heterocycles. The van der Waals surface area contributed by atoms with E-state index in [1.54, 1.807) is 28.8 Å². The van der Waals surface area contributed by atoms with Gasteiger partial charge in [-0.25, -0.2) is 4.98 Å². The van der Waals surface area contributed by atoms with Gasteiger partial charge in [0.25, 0.3) is 5.56 Å². The number of ketones is 1. The van der Waals surface area contributed by atoms with Crippen molar-refractivity contribution in [3.05, 3.63) is 58.4 Å². The second kappa shape index (κ2) is 8.92. The second-order valence-electron chi connectivity index (χ2n) is 7.62. The Labute approximate surface area is 179 Å². The van der Waals surface area contributed by atoms with Crippen LogP contribution in [0.25, 0.3) is 10.9 Å². The smallest absolute Gasteiger partial charge is 0.262 e. The summed E-state index contributed by atoms with van der Waals surface area (Å²) in [5.74, 6) is 1.85. The Morgan fingerprint density at radius 3 is 2.70 bits per heavy atom. The molecule has 7 heteroatoms. The number of para-hydroxylation sites is 1. The number of carbonyl (C=O) groups excluding carboxylic acids is 1. The van der Waals surface area contributed by atoms with Crippen LogP contribution in [0.4, 0.5) is 0 Å². The van der Waals surface area contributed by atoms with E-state index >= 15 is 0 Å². The van der Waals surface area contributed by atoms with Crippen molar-refractivity contribution in [3.8, 4) is 11.5 Å². The fourth-order valence-electron chi connectivity index (χ4n) is 3.27. The van der Waals surface area contributed by atoms with Crippen molar-refractivity contribution in [1.29, 1.82) is 0 Å². The maximum absolute atomic E-state index is 13.0. The number of benzene rings is 2. The van der Waals surface area contributed by atoms with Gasteiger partial charge in [-0.05, 0) is 42.7 Å². The number of fused-ring (bicyclic) bond motifs is 2. The molecule has 0 spiro atoms. The Balaban J connectivity index is 1.58. The van der Waals surface area contributed by atoms with Gasteiger partial charge in [-0.1, -0.05) is 37.7 Å². The highest BCUT2D eigenvalue weighted by molar-refractivity contribution is 7.99. The van der Waals surface area contributed by atoms with E-state index < -0.39 is 0 Å². The number of aromatic nitrogens is 2. The number of Topliss-reactive ketones (excluding diaryl/α,β-unsaturated/α-hetero) is 1. The van der Waals surface area contributed by atoms with Gasteiger partial charge in [0.05, 0.1) is 16.7 Å². The third-order valence-electron chi connectivity index (χ3n) is 4.95. The van der Waals surface area contributed by atoms with E-state index in [9.17, 15) is 9.59 Å². The lowest BCUT2D eigenvalue weighted by Gasteiger charge is -2.18. The third-order valence-corrected chi connectivity index (χ3v) is 5.93. The minimum Gasteiger partial charge on any atom is -0.486 e. The van der Waals surface area contributed by atoms with Gasteiger partial charge in [-0.3, -0.25) is 14.2 Å². The van der Waals surface area contributed by atoms with E-state index in [-0.39, 0.29) is 17.1 Å². The fraction of sp³-hybridized carbons (Fsp3) is 0.348. The summed E-state index contributed by atoms with van der Waals surface area (Å²) in [5.41, 5.74) is 1.15. The Kier molecular flexibility index (Phi) is 6.08. The Bertz CT molecular complexity index is 1140. The summed E-state index contributed by atoms with van der Waals surface area (Å²) in [6.45, 7) is 5.81. The molecule has 4 rings (SSSR count). The molecule has 2 aromatic carbocycles. The molecule has 6 nitrogen and oxygen atoms in total. The number of carbonyl (C=O) groups is 1. The highest BCUT2D eigenvalue weighted by Crippen LogP contribution is 2.31. The average Bonchev–Trinajstić information content (AvgIpc) is 2.76. The first-order valence-electron chi connectivity index (χ1n) is 10.1. The van der Waals surface area contributed by atoms with Crippen LogP contribution >= 0.6 is 11.8 Å². The van der Waals surface area contributed by atoms with E-state index in [4.69, 9.17) is 9.47 Å². The number of hydrogen-bond donors (Lipinski definition) is 0. The lowest BCUT2D eigenvalue weighted by atomic mass is 10.1. The largest absolute Gasteiger partial charge is 0.486 e. The Hall–Kier alpha value is -2.80. The molecule has 1 aromatic heterocycles. The van der Waals surface area contributed by atoms with Gasteiger partial charge in [0.15, 0.2) is 22.4 Å². The van der Waals surface area contributed by atoms with Gasteiger partial charge < -0.3 is 9.47 Å². The molecule has 1 aliphatic rings. The molecular weight excluding hydrogens is 400 g/mol. The molecule has 0 bridgehead atoms. The SMILES string of the molecule is CC(C)CCn1c(SCC(=O)c2ccc3c(c2)OCCO3)nc2ccccc2c1=O. The number of hydrogen-bond acceptors (Lipinski definition) is 6. The Morgan fingerprint density at radius 2 is 1.90 bits per heavy atom. The summed E-state index contributed by atoms with van der Waals surface area (Å²) in [4.78, 5) is 30.5. The molecule has 0 unspecified atom stereocenters. The van der Waals surface area contributed by atoms with Gasteiger partial charge in [-0.15, -0.1) is 0 Å². The van der Waals surface area contributed by atoms with E-state index in [2.05, 4.69) is 18.8 Å². The number of rotatable bonds is 7. The van der Waals surface area contributed by atoms with E-state index in [0.717, 1.165) is 6.42 Å². The number of nitrogens with zero attached hydrogens (tertiary/aromatic N) is 2. The zero-order chi connectivity index (χ0) is 21.1. The van der Waals surface area contributed by atoms with E-state index in [1.165, 1.54) is 11.8 Å². The van der Waals surface area contributed by atoms with Crippen molar-refractivity contribution in [2.24, 2.45) is 5.92 Å². The summed E-state index contributed by atoms with van der Waals surface area (Å²) in [6, 6.07) is 12.6. The molecule has 156 valence electrons. The molecule has 0 saturated carbocycles. The van der Waals surface area contributed by atoms with Crippen LogP contribution in [-0.4, -0.2) is 34.3 Å². The van der Waals surface area contributed by atoms with Gasteiger partial charge in [0.2, 0.25) is 0 Å². The summed E-state index contributed by atoms with van der Waals surface area (Å²) < 4.78 is 12.8. The van der Waals surface area contributed by atoms with Crippen LogP contribution in [0.1, 0.15) is 30.6 Å². The van der Waals surface area contributed by atoms with Crippen LogP contribution in [0.15, 0.2) is 52.4 Å². The van der Waals surface area contributed by atoms with Crippen LogP contribution in [-0.2, 0) is 6.54 Å². The highest BCUT2D eigenvalue weighted by atomic mass is 32.2. The summed E-state index contributed by atoms with van der Waals surface area (Å²) in [5, 5.41) is 1.18. The lowest BCUT2D eigenvalue weighted by Crippen LogP contribution is -2.24. The molecule has 0 radical (unpaired) electrons. The molecule has 0 aliphatic carbocycles. The summed E-state index contributed by atoms with van der Waals surface area (Å²) >= 11 is 1.30. The van der Waals surface area contributed by atoms with Crippen molar-refractivity contribution < 1.29 is 14.3 Å². The van der Waals surface area contributed by atoms with Crippen LogP contribution in [0, 0.1) is 5.92 Å². The third kappa shape index (κ3) is 4.36. The quantitative estimate of drug-likeness (QED) is 0.322. The monoisotopic (exact) mass is 424 g/mol. The summed E-state index contributed by atoms with van der Waals surface area (Å²) in [7, 11) is 0. The number of ether oxygens (including phenoxy) is 2. The van der Waals surface area contributed by atoms with Crippen molar-refractivity contribution in [2.75, 3.05) is 19.0 Å². The van der Waals surface area contributed by atoms with Gasteiger partial charge >= 0.3 is 0 Å². The predicted molar refractivity (Wildman–Crippen MR) is 118 cm³/mol. The summed E-state index contributed by atoms with van der Waals surface area (Å²) in [6.07, 6.45) is 0.865. The topological polar surface area (TPSA) is 70.4 Å². The average molecular weight is 425 g/mol. The van der Waals surface area contributed by atoms with Crippen LogP contribution in [0.2, 0.25) is 0 Å². The minimum atomic E-state index is -0.0597. The molecular formula is C23H24N2O4S. The molecule has 2 heterocycles. The zero-order valence-electron chi connectivity index (χ0n) is 17.1. The maximum Gasteiger partial charge on any atom is 0.262 e. The van der Waals surface area contributed by atoms with E-state index in [0.29, 0.717) is 58.8 Å². The van der Waals surface area contributed by atoms with Crippen LogP contribution < -0.4 is 15.0 Å². The lowest BCUT2D eigenvalue weighted by molar-refractivity contribution is 0.102. The second-order valence-corrected chi connectivity index (χ2v) is 8.56. The van der Waals surface area contributed by atoms with Gasteiger partial charge in [0, 0.05) is 12.1 Å². The number of thioether (sulfide) groups is 1. The van der Waals surface area contributed by atoms with Crippen LogP contribution in [0.3, 0.4) is 0 Å². The van der Waals surface area contributed by atoms with E-state index in [1.807, 2.05) is 18.2 Å². The molecule has 0 fully saturated rings. The molecule has 0 saturated heterocycles. The van der Waals surface area contributed by atoms with Gasteiger partial charge in [-0.2, -0.15) is 0 Å². The first-order valence-corrected chi connectivity index (χ1v) is 11.1. The normalized spacial score (nSPS) is 13.0. The fourth-order valence-corrected chi connectivity index (χ4v) is 4.19. The minimum absolute atomic E-state index is 0.0465. The van der Waals surface area contributed by atoms with Gasteiger partial charge in [0.1, 0.15) is 13.2 Å². The van der Waals surface area contributed by atoms with Crippen molar-refractivity contribution in [2.45, 2.75) is 32.0 Å².